The van der Waals surface area contributed by atoms with E-state index in [0.717, 1.165) is 0 Å². The van der Waals surface area contributed by atoms with Gasteiger partial charge < -0.3 is 9.84 Å². The van der Waals surface area contributed by atoms with Gasteiger partial charge in [-0.3, -0.25) is 9.36 Å². The van der Waals surface area contributed by atoms with Gasteiger partial charge in [0.25, 0.3) is 5.56 Å². The number of aromatic nitrogens is 1. The zero-order valence-electron chi connectivity index (χ0n) is 9.96. The van der Waals surface area contributed by atoms with Crippen molar-refractivity contribution in [1.82, 2.24) is 4.57 Å². The number of carboxylic acid groups (broad SMARTS) is 1. The summed E-state index contributed by atoms with van der Waals surface area (Å²) < 4.78 is 6.23. The van der Waals surface area contributed by atoms with E-state index in [-0.39, 0.29) is 5.56 Å². The van der Waals surface area contributed by atoms with Crippen LogP contribution in [0.5, 0.6) is 5.75 Å². The fraction of sp³-hybridized carbons (Fsp3) is 0.0769. The Balaban J connectivity index is 2.60. The number of carboxylic acids is 1. The van der Waals surface area contributed by atoms with Gasteiger partial charge in [-0.25, -0.2) is 4.79 Å². The number of nitrogens with zero attached hydrogens (tertiary/aromatic N) is 1. The molecule has 1 heterocycles. The Morgan fingerprint density at radius 3 is 2.68 bits per heavy atom. The molecule has 1 aromatic carbocycles. The van der Waals surface area contributed by atoms with Crippen molar-refractivity contribution < 1.29 is 14.6 Å². The Morgan fingerprint density at radius 1 is 1.37 bits per heavy atom. The summed E-state index contributed by atoms with van der Waals surface area (Å²) in [4.78, 5) is 22.9. The normalized spacial score (nSPS) is 10.2. The highest BCUT2D eigenvalue weighted by Crippen LogP contribution is 2.26. The number of ether oxygens (including phenoxy) is 1. The first-order valence-electron chi connectivity index (χ1n) is 5.33. The van der Waals surface area contributed by atoms with Crippen molar-refractivity contribution in [2.45, 2.75) is 0 Å². The van der Waals surface area contributed by atoms with Crippen LogP contribution in [-0.2, 0) is 0 Å². The second kappa shape index (κ2) is 5.16. The summed E-state index contributed by atoms with van der Waals surface area (Å²) >= 11 is 5.98. The van der Waals surface area contributed by atoms with Crippen LogP contribution in [-0.4, -0.2) is 22.8 Å². The van der Waals surface area contributed by atoms with Crippen LogP contribution >= 0.6 is 11.6 Å². The number of methoxy groups -OCH3 is 1. The zero-order chi connectivity index (χ0) is 14.0. The minimum atomic E-state index is -1.26. The van der Waals surface area contributed by atoms with Crippen LogP contribution in [0.25, 0.3) is 5.69 Å². The lowest BCUT2D eigenvalue weighted by atomic mass is 10.2. The molecule has 0 bridgehead atoms. The van der Waals surface area contributed by atoms with Crippen molar-refractivity contribution in [2.24, 2.45) is 0 Å². The summed E-state index contributed by atoms with van der Waals surface area (Å²) in [5, 5.41) is 9.25. The lowest BCUT2D eigenvalue weighted by Crippen LogP contribution is -2.24. The first-order chi connectivity index (χ1) is 9.04. The van der Waals surface area contributed by atoms with E-state index in [1.165, 1.54) is 36.1 Å². The number of aromatic carboxylic acids is 1. The van der Waals surface area contributed by atoms with Gasteiger partial charge in [0.1, 0.15) is 11.3 Å². The van der Waals surface area contributed by atoms with Crippen LogP contribution in [0.3, 0.4) is 0 Å². The smallest absolute Gasteiger partial charge is 0.341 e. The van der Waals surface area contributed by atoms with E-state index in [1.54, 1.807) is 12.1 Å². The zero-order valence-corrected chi connectivity index (χ0v) is 10.7. The largest absolute Gasteiger partial charge is 0.495 e. The van der Waals surface area contributed by atoms with Gasteiger partial charge in [0.05, 0.1) is 17.8 Å². The molecule has 0 aliphatic carbocycles. The summed E-state index contributed by atoms with van der Waals surface area (Å²) in [6, 6.07) is 7.51. The standard InChI is InChI=1S/C13H10ClNO4/c1-19-11-5-4-8(7-10(11)14)15-6-2-3-9(12(15)16)13(17)18/h2-7H,1H3,(H,17,18). The highest BCUT2D eigenvalue weighted by atomic mass is 35.5. The maximum absolute atomic E-state index is 12.0. The van der Waals surface area contributed by atoms with Gasteiger partial charge in [-0.15, -0.1) is 0 Å². The molecule has 0 radical (unpaired) electrons. The minimum Gasteiger partial charge on any atom is -0.495 e. The van der Waals surface area contributed by atoms with Gasteiger partial charge in [0.15, 0.2) is 0 Å². The van der Waals surface area contributed by atoms with Gasteiger partial charge in [0, 0.05) is 6.20 Å². The van der Waals surface area contributed by atoms with Crippen molar-refractivity contribution in [2.75, 3.05) is 7.11 Å². The van der Waals surface area contributed by atoms with Crippen LogP contribution in [0.4, 0.5) is 0 Å². The van der Waals surface area contributed by atoms with Gasteiger partial charge >= 0.3 is 5.97 Å². The molecule has 0 saturated heterocycles. The molecule has 0 aliphatic rings. The molecular formula is C13H10ClNO4. The Hall–Kier alpha value is -2.27. The molecule has 2 rings (SSSR count). The van der Waals surface area contributed by atoms with E-state index in [9.17, 15) is 9.59 Å². The number of hydrogen-bond donors (Lipinski definition) is 1. The SMILES string of the molecule is COc1ccc(-n2cccc(C(=O)O)c2=O)cc1Cl. The van der Waals surface area contributed by atoms with Gasteiger partial charge in [-0.2, -0.15) is 0 Å². The van der Waals surface area contributed by atoms with E-state index >= 15 is 0 Å². The molecule has 5 nitrogen and oxygen atoms in total. The number of pyridine rings is 1. The molecule has 0 unspecified atom stereocenters. The predicted octanol–water partition coefficient (Wildman–Crippen LogP) is 2.20. The lowest BCUT2D eigenvalue weighted by Gasteiger charge is -2.09. The second-order valence-corrected chi connectivity index (χ2v) is 4.13. The number of carbonyl (C=O) groups is 1. The van der Waals surface area contributed by atoms with Crippen molar-refractivity contribution in [3.05, 3.63) is 57.5 Å². The van der Waals surface area contributed by atoms with Crippen molar-refractivity contribution >= 4 is 17.6 Å². The van der Waals surface area contributed by atoms with Crippen LogP contribution in [0.2, 0.25) is 5.02 Å². The number of rotatable bonds is 3. The molecule has 6 heteroatoms. The second-order valence-electron chi connectivity index (χ2n) is 3.72. The Kier molecular flexibility index (Phi) is 3.57. The molecule has 1 aromatic heterocycles. The topological polar surface area (TPSA) is 68.5 Å². The molecule has 2 aromatic rings. The summed E-state index contributed by atoms with van der Waals surface area (Å²) in [7, 11) is 1.48. The Bertz CT molecular complexity index is 693. The minimum absolute atomic E-state index is 0.297. The Morgan fingerprint density at radius 2 is 2.11 bits per heavy atom. The van der Waals surface area contributed by atoms with Gasteiger partial charge in [-0.1, -0.05) is 11.6 Å². The van der Waals surface area contributed by atoms with Gasteiger partial charge in [-0.05, 0) is 30.3 Å². The van der Waals surface area contributed by atoms with E-state index < -0.39 is 11.5 Å². The first-order valence-corrected chi connectivity index (χ1v) is 5.71. The van der Waals surface area contributed by atoms with Crippen LogP contribution in [0.1, 0.15) is 10.4 Å². The maximum Gasteiger partial charge on any atom is 0.341 e. The molecule has 0 aliphatic heterocycles. The molecule has 1 N–H and O–H groups in total. The molecule has 0 fully saturated rings. The van der Waals surface area contributed by atoms with Crippen LogP contribution in [0.15, 0.2) is 41.3 Å². The molecule has 0 spiro atoms. The fourth-order valence-electron chi connectivity index (χ4n) is 1.67. The van der Waals surface area contributed by atoms with E-state index in [2.05, 4.69) is 0 Å². The van der Waals surface area contributed by atoms with Crippen molar-refractivity contribution in [1.29, 1.82) is 0 Å². The average Bonchev–Trinajstić information content (AvgIpc) is 2.38. The van der Waals surface area contributed by atoms with Crippen LogP contribution in [0, 0.1) is 0 Å². The molecule has 19 heavy (non-hydrogen) atoms. The lowest BCUT2D eigenvalue weighted by molar-refractivity contribution is 0.0694. The summed E-state index contributed by atoms with van der Waals surface area (Å²) in [6.07, 6.45) is 1.48. The summed E-state index contributed by atoms with van der Waals surface area (Å²) in [5.74, 6) is -0.785. The monoisotopic (exact) mass is 279 g/mol. The summed E-state index contributed by atoms with van der Waals surface area (Å²) in [5.41, 5.74) is -0.440. The average molecular weight is 280 g/mol. The van der Waals surface area contributed by atoms with Crippen molar-refractivity contribution in [3.63, 3.8) is 0 Å². The predicted molar refractivity (Wildman–Crippen MR) is 70.6 cm³/mol. The van der Waals surface area contributed by atoms with Crippen molar-refractivity contribution in [3.8, 4) is 11.4 Å². The molecule has 0 atom stereocenters. The number of benzene rings is 1. The maximum atomic E-state index is 12.0. The highest BCUT2D eigenvalue weighted by molar-refractivity contribution is 6.32. The molecule has 0 amide bonds. The summed E-state index contributed by atoms with van der Waals surface area (Å²) in [6.45, 7) is 0. The Labute approximate surface area is 113 Å². The number of halogens is 1. The van der Waals surface area contributed by atoms with Gasteiger partial charge in [0.2, 0.25) is 0 Å². The van der Waals surface area contributed by atoms with Crippen LogP contribution < -0.4 is 10.3 Å². The third-order valence-corrected chi connectivity index (χ3v) is 2.89. The molecule has 98 valence electrons. The quantitative estimate of drug-likeness (QED) is 0.935. The molecular weight excluding hydrogens is 270 g/mol. The fourth-order valence-corrected chi connectivity index (χ4v) is 1.92. The van der Waals surface area contributed by atoms with E-state index in [0.29, 0.717) is 16.5 Å². The van der Waals surface area contributed by atoms with E-state index in [4.69, 9.17) is 21.4 Å². The molecule has 0 saturated carbocycles. The van der Waals surface area contributed by atoms with E-state index in [1.807, 2.05) is 0 Å². The third-order valence-electron chi connectivity index (χ3n) is 2.59. The first kappa shape index (κ1) is 13.2. The highest BCUT2D eigenvalue weighted by Gasteiger charge is 2.12. The third kappa shape index (κ3) is 2.46. The number of hydrogen-bond acceptors (Lipinski definition) is 3.